The number of alkyl halides is 3. The van der Waals surface area contributed by atoms with Gasteiger partial charge in [0.1, 0.15) is 17.0 Å². The zero-order valence-corrected chi connectivity index (χ0v) is 21.2. The van der Waals surface area contributed by atoms with E-state index in [1.165, 1.54) is 24.1 Å². The molecule has 0 aliphatic carbocycles. The third-order valence-corrected chi connectivity index (χ3v) is 6.03. The number of nitrogens with zero attached hydrogens (tertiary/aromatic N) is 3. The van der Waals surface area contributed by atoms with Gasteiger partial charge in [-0.1, -0.05) is 23.7 Å². The molecule has 0 spiro atoms. The third-order valence-electron chi connectivity index (χ3n) is 5.77. The fourth-order valence-electron chi connectivity index (χ4n) is 3.94. The highest BCUT2D eigenvalue weighted by molar-refractivity contribution is 6.30. The van der Waals surface area contributed by atoms with Crippen molar-refractivity contribution in [2.45, 2.75) is 25.7 Å². The van der Waals surface area contributed by atoms with Crippen molar-refractivity contribution in [3.63, 3.8) is 0 Å². The smallest absolute Gasteiger partial charge is 0.433 e. The number of hydrogen-bond acceptors (Lipinski definition) is 7. The zero-order valence-electron chi connectivity index (χ0n) is 20.4. The van der Waals surface area contributed by atoms with E-state index in [4.69, 9.17) is 26.5 Å². The summed E-state index contributed by atoms with van der Waals surface area (Å²) in [6.45, 7) is 1.48. The highest BCUT2D eigenvalue weighted by atomic mass is 35.5. The maximum absolute atomic E-state index is 13.5. The molecule has 8 nitrogen and oxygen atoms in total. The van der Waals surface area contributed by atoms with Crippen LogP contribution in [0, 0.1) is 0 Å². The van der Waals surface area contributed by atoms with Crippen molar-refractivity contribution >= 4 is 28.4 Å². The number of rotatable bonds is 8. The second kappa shape index (κ2) is 11.0. The minimum Gasteiger partial charge on any atom is -0.494 e. The first-order valence-corrected chi connectivity index (χ1v) is 11.9. The average molecular weight is 549 g/mol. The molecule has 0 saturated heterocycles. The number of aliphatic hydroxyl groups is 1. The van der Waals surface area contributed by atoms with E-state index in [1.54, 1.807) is 37.3 Å². The maximum atomic E-state index is 13.5. The Hall–Kier alpha value is -3.67. The molecule has 3 N–H and O–H groups in total. The Balaban J connectivity index is 1.79. The number of ether oxygens (including phenoxy) is 1. The van der Waals surface area contributed by atoms with Crippen molar-refractivity contribution in [1.82, 2.24) is 14.9 Å². The average Bonchev–Trinajstić information content (AvgIpc) is 3.33. The zero-order chi connectivity index (χ0) is 27.6. The molecule has 1 amide bonds. The Labute approximate surface area is 220 Å². The summed E-state index contributed by atoms with van der Waals surface area (Å²) in [6, 6.07) is 11.3. The molecule has 38 heavy (non-hydrogen) atoms. The number of aliphatic hydroxyl groups excluding tert-OH is 1. The van der Waals surface area contributed by atoms with Gasteiger partial charge in [0.05, 0.1) is 19.8 Å². The van der Waals surface area contributed by atoms with E-state index >= 15 is 0 Å². The van der Waals surface area contributed by atoms with E-state index in [2.05, 4.69) is 9.97 Å². The van der Waals surface area contributed by atoms with Crippen LogP contribution in [0.4, 0.5) is 13.2 Å². The van der Waals surface area contributed by atoms with Crippen molar-refractivity contribution in [2.24, 2.45) is 5.73 Å². The lowest BCUT2D eigenvalue weighted by Gasteiger charge is -2.21. The summed E-state index contributed by atoms with van der Waals surface area (Å²) < 4.78 is 51.0. The number of halogens is 4. The van der Waals surface area contributed by atoms with Crippen LogP contribution in [0.1, 0.15) is 40.5 Å². The van der Waals surface area contributed by atoms with Gasteiger partial charge < -0.3 is 24.9 Å². The number of benzene rings is 2. The molecule has 0 radical (unpaired) electrons. The lowest BCUT2D eigenvalue weighted by Crippen LogP contribution is -2.34. The molecular weight excluding hydrogens is 525 g/mol. The molecule has 2 heterocycles. The first kappa shape index (κ1) is 27.4. The van der Waals surface area contributed by atoms with Crippen LogP contribution in [-0.2, 0) is 12.7 Å². The molecule has 4 rings (SSSR count). The number of carbonyl (C=O) groups excluding carboxylic acids is 1. The number of hydrogen-bond donors (Lipinski definition) is 2. The normalized spacial score (nSPS) is 12.5. The van der Waals surface area contributed by atoms with Gasteiger partial charge in [0.15, 0.2) is 11.5 Å². The summed E-state index contributed by atoms with van der Waals surface area (Å²) in [5.41, 5.74) is 5.97. The number of oxazole rings is 1. The van der Waals surface area contributed by atoms with Crippen molar-refractivity contribution in [3.8, 4) is 17.2 Å². The molecule has 2 aromatic carbocycles. The highest BCUT2D eigenvalue weighted by Crippen LogP contribution is 2.37. The molecule has 0 fully saturated rings. The minimum atomic E-state index is -4.65. The largest absolute Gasteiger partial charge is 0.494 e. The standard InChI is InChI=1S/C26H24ClF3N4O4/c1-14(31)23-22(25(36)34(11-12-35)13-15-3-5-16(27)6-4-15)33-24(38-23)18-7-9-19(37-2)21-17(18)8-10-20(32-21)26(28,29)30/h3-10,14,35H,11-13,31H2,1-2H3/t14-/m0/s1. The number of pyridine rings is 1. The molecule has 0 aliphatic rings. The van der Waals surface area contributed by atoms with Crippen LogP contribution in [0.5, 0.6) is 5.75 Å². The first-order valence-electron chi connectivity index (χ1n) is 11.5. The molecule has 4 aromatic rings. The van der Waals surface area contributed by atoms with Crippen LogP contribution < -0.4 is 10.5 Å². The number of aromatic nitrogens is 2. The quantitative estimate of drug-likeness (QED) is 0.310. The number of nitrogens with two attached hydrogens (primary N) is 1. The van der Waals surface area contributed by atoms with E-state index in [0.29, 0.717) is 10.6 Å². The van der Waals surface area contributed by atoms with E-state index in [-0.39, 0.29) is 53.7 Å². The fraction of sp³-hybridized carbons (Fsp3) is 0.269. The number of carbonyl (C=O) groups is 1. The Kier molecular flexibility index (Phi) is 7.91. The number of methoxy groups -OCH3 is 1. The Bertz CT molecular complexity index is 1460. The summed E-state index contributed by atoms with van der Waals surface area (Å²) in [6.07, 6.45) is -4.65. The SMILES string of the molecule is COc1ccc(-c2nc(C(=O)N(CCO)Cc3ccc(Cl)cc3)c([C@H](C)N)o2)c2ccc(C(F)(F)F)nc12. The number of amides is 1. The van der Waals surface area contributed by atoms with Gasteiger partial charge >= 0.3 is 6.18 Å². The Morgan fingerprint density at radius 2 is 1.87 bits per heavy atom. The van der Waals surface area contributed by atoms with Gasteiger partial charge in [0.25, 0.3) is 5.91 Å². The van der Waals surface area contributed by atoms with Gasteiger partial charge in [0, 0.05) is 29.1 Å². The predicted octanol–water partition coefficient (Wildman–Crippen LogP) is 5.23. The van der Waals surface area contributed by atoms with Crippen LogP contribution in [0.15, 0.2) is 52.9 Å². The van der Waals surface area contributed by atoms with Crippen LogP contribution in [-0.4, -0.2) is 46.1 Å². The Morgan fingerprint density at radius 3 is 2.47 bits per heavy atom. The van der Waals surface area contributed by atoms with Crippen LogP contribution >= 0.6 is 11.6 Å². The number of fused-ring (bicyclic) bond motifs is 1. The van der Waals surface area contributed by atoms with E-state index in [0.717, 1.165) is 11.6 Å². The van der Waals surface area contributed by atoms with Crippen molar-refractivity contribution in [3.05, 3.63) is 76.3 Å². The van der Waals surface area contributed by atoms with Gasteiger partial charge in [-0.3, -0.25) is 4.79 Å². The van der Waals surface area contributed by atoms with Crippen molar-refractivity contribution in [2.75, 3.05) is 20.3 Å². The summed E-state index contributed by atoms with van der Waals surface area (Å²) in [4.78, 5) is 23.1. The second-order valence-electron chi connectivity index (χ2n) is 8.50. The second-order valence-corrected chi connectivity index (χ2v) is 8.94. The van der Waals surface area contributed by atoms with Gasteiger partial charge in [-0.25, -0.2) is 9.97 Å². The van der Waals surface area contributed by atoms with Crippen LogP contribution in [0.2, 0.25) is 5.02 Å². The van der Waals surface area contributed by atoms with Gasteiger partial charge in [-0.05, 0) is 48.9 Å². The van der Waals surface area contributed by atoms with Crippen LogP contribution in [0.25, 0.3) is 22.4 Å². The van der Waals surface area contributed by atoms with E-state index < -0.39 is 23.8 Å². The van der Waals surface area contributed by atoms with E-state index in [9.17, 15) is 23.1 Å². The molecule has 0 unspecified atom stereocenters. The predicted molar refractivity (Wildman–Crippen MR) is 135 cm³/mol. The summed E-state index contributed by atoms with van der Waals surface area (Å²) in [5, 5.41) is 10.4. The molecule has 200 valence electrons. The maximum Gasteiger partial charge on any atom is 0.433 e. The van der Waals surface area contributed by atoms with Gasteiger partial charge in [-0.2, -0.15) is 13.2 Å². The molecule has 0 bridgehead atoms. The van der Waals surface area contributed by atoms with Crippen LogP contribution in [0.3, 0.4) is 0 Å². The lowest BCUT2D eigenvalue weighted by atomic mass is 10.1. The molecule has 1 atom stereocenters. The van der Waals surface area contributed by atoms with E-state index in [1.807, 2.05) is 0 Å². The molecule has 2 aromatic heterocycles. The summed E-state index contributed by atoms with van der Waals surface area (Å²) >= 11 is 5.95. The lowest BCUT2D eigenvalue weighted by molar-refractivity contribution is -0.140. The third kappa shape index (κ3) is 5.59. The van der Waals surface area contributed by atoms with Gasteiger partial charge in [0.2, 0.25) is 5.89 Å². The summed E-state index contributed by atoms with van der Waals surface area (Å²) in [7, 11) is 1.32. The Morgan fingerprint density at radius 1 is 1.16 bits per heavy atom. The molecule has 0 saturated carbocycles. The monoisotopic (exact) mass is 548 g/mol. The summed E-state index contributed by atoms with van der Waals surface area (Å²) in [5.74, 6) is -0.341. The highest BCUT2D eigenvalue weighted by Gasteiger charge is 2.33. The minimum absolute atomic E-state index is 0.0116. The topological polar surface area (TPSA) is 115 Å². The molecule has 12 heteroatoms. The fourth-order valence-corrected chi connectivity index (χ4v) is 4.07. The van der Waals surface area contributed by atoms with Crippen molar-refractivity contribution in [1.29, 1.82) is 0 Å². The van der Waals surface area contributed by atoms with Crippen molar-refractivity contribution < 1.29 is 32.2 Å². The van der Waals surface area contributed by atoms with Gasteiger partial charge in [-0.15, -0.1) is 0 Å². The molecular formula is C26H24ClF3N4O4. The molecule has 0 aliphatic heterocycles. The first-order chi connectivity index (χ1) is 18.0.